The van der Waals surface area contributed by atoms with Gasteiger partial charge in [0.05, 0.1) is 10.5 Å². The van der Waals surface area contributed by atoms with Gasteiger partial charge in [-0.2, -0.15) is 0 Å². The van der Waals surface area contributed by atoms with Gasteiger partial charge in [-0.15, -0.1) is 0 Å². The molecule has 3 atom stereocenters. The summed E-state index contributed by atoms with van der Waals surface area (Å²) in [5, 5.41) is 2.77. The van der Waals surface area contributed by atoms with Crippen LogP contribution in [0.1, 0.15) is 46.5 Å². The third kappa shape index (κ3) is 2.77. The van der Waals surface area contributed by atoms with Crippen LogP contribution in [0, 0.1) is 5.92 Å². The molecule has 0 aromatic carbocycles. The van der Waals surface area contributed by atoms with Crippen LogP contribution in [0.3, 0.4) is 0 Å². The average Bonchev–Trinajstić information content (AvgIpc) is 2.27. The van der Waals surface area contributed by atoms with Gasteiger partial charge < -0.3 is 5.32 Å². The highest BCUT2D eigenvalue weighted by Gasteiger charge is 2.38. The maximum atomic E-state index is 12.5. The van der Waals surface area contributed by atoms with Crippen molar-refractivity contribution in [3.63, 3.8) is 0 Å². The Kier molecular flexibility index (Phi) is 4.80. The lowest BCUT2D eigenvalue weighted by atomic mass is 9.95. The summed E-state index contributed by atoms with van der Waals surface area (Å²) < 4.78 is 24.9. The highest BCUT2D eigenvalue weighted by Crippen LogP contribution is 2.28. The quantitative estimate of drug-likeness (QED) is 0.826. The summed E-state index contributed by atoms with van der Waals surface area (Å²) in [4.78, 5) is 0. The predicted molar refractivity (Wildman–Crippen MR) is 68.3 cm³/mol. The van der Waals surface area contributed by atoms with Crippen LogP contribution in [0.5, 0.6) is 0 Å². The molecule has 0 aromatic heterocycles. The molecule has 0 spiro atoms. The Hall–Kier alpha value is -0.0900. The number of hydrogen-bond acceptors (Lipinski definition) is 3. The highest BCUT2D eigenvalue weighted by molar-refractivity contribution is 7.92. The first kappa shape index (κ1) is 14.0. The zero-order valence-electron chi connectivity index (χ0n) is 10.9. The van der Waals surface area contributed by atoms with E-state index in [0.29, 0.717) is 0 Å². The Labute approximate surface area is 99.9 Å². The molecule has 1 fully saturated rings. The van der Waals surface area contributed by atoms with Gasteiger partial charge in [-0.25, -0.2) is 8.42 Å². The minimum Gasteiger partial charge on any atom is -0.316 e. The van der Waals surface area contributed by atoms with Gasteiger partial charge in [0.15, 0.2) is 9.84 Å². The van der Waals surface area contributed by atoms with Gasteiger partial charge in [-0.05, 0) is 32.7 Å². The second kappa shape index (κ2) is 5.50. The molecule has 4 heteroatoms. The molecular formula is C12H25NO2S. The number of rotatable bonds is 4. The molecule has 0 aromatic rings. The van der Waals surface area contributed by atoms with Crippen molar-refractivity contribution in [2.75, 3.05) is 7.05 Å². The molecule has 0 radical (unpaired) electrons. The van der Waals surface area contributed by atoms with E-state index in [0.717, 1.165) is 25.7 Å². The fourth-order valence-electron chi connectivity index (χ4n) is 2.48. The predicted octanol–water partition coefficient (Wildman–Crippen LogP) is 1.98. The van der Waals surface area contributed by atoms with Crippen molar-refractivity contribution < 1.29 is 8.42 Å². The highest BCUT2D eigenvalue weighted by atomic mass is 32.2. The Balaban J connectivity index is 2.88. The third-order valence-corrected chi connectivity index (χ3v) is 6.94. The molecule has 3 unspecified atom stereocenters. The summed E-state index contributed by atoms with van der Waals surface area (Å²) in [5.74, 6) is 0.199. The lowest BCUT2D eigenvalue weighted by Gasteiger charge is -2.33. The van der Waals surface area contributed by atoms with Crippen LogP contribution in [0.15, 0.2) is 0 Å². The number of sulfone groups is 1. The largest absolute Gasteiger partial charge is 0.316 e. The molecule has 0 amide bonds. The van der Waals surface area contributed by atoms with E-state index in [1.807, 2.05) is 27.8 Å². The lowest BCUT2D eigenvalue weighted by Crippen LogP contribution is -2.48. The maximum absolute atomic E-state index is 12.5. The van der Waals surface area contributed by atoms with Gasteiger partial charge in [-0.1, -0.05) is 26.7 Å². The number of nitrogens with one attached hydrogen (secondary N) is 1. The summed E-state index contributed by atoms with van der Waals surface area (Å²) in [7, 11) is -1.11. The van der Waals surface area contributed by atoms with E-state index in [4.69, 9.17) is 0 Å². The van der Waals surface area contributed by atoms with Crippen molar-refractivity contribution in [1.29, 1.82) is 0 Å². The van der Waals surface area contributed by atoms with Crippen LogP contribution in [0.2, 0.25) is 0 Å². The standard InChI is InChI=1S/C12H25NO2S/c1-9(2)10(3)16(14,15)12-8-6-5-7-11(12)13-4/h9-13H,5-8H2,1-4H3. The van der Waals surface area contributed by atoms with E-state index < -0.39 is 9.84 Å². The van der Waals surface area contributed by atoms with Crippen LogP contribution in [0.4, 0.5) is 0 Å². The number of hydrogen-bond donors (Lipinski definition) is 1. The average molecular weight is 247 g/mol. The topological polar surface area (TPSA) is 46.2 Å². The molecule has 0 aliphatic heterocycles. The molecule has 16 heavy (non-hydrogen) atoms. The van der Waals surface area contributed by atoms with Gasteiger partial charge >= 0.3 is 0 Å². The van der Waals surface area contributed by atoms with Crippen molar-refractivity contribution >= 4 is 9.84 Å². The maximum Gasteiger partial charge on any atom is 0.157 e. The molecule has 0 saturated heterocycles. The molecule has 1 saturated carbocycles. The molecule has 1 aliphatic carbocycles. The van der Waals surface area contributed by atoms with Gasteiger partial charge in [0.1, 0.15) is 0 Å². The fraction of sp³-hybridized carbons (Fsp3) is 1.00. The van der Waals surface area contributed by atoms with Gasteiger partial charge in [0.2, 0.25) is 0 Å². The van der Waals surface area contributed by atoms with E-state index >= 15 is 0 Å². The lowest BCUT2D eigenvalue weighted by molar-refractivity contribution is 0.384. The Morgan fingerprint density at radius 2 is 1.69 bits per heavy atom. The monoisotopic (exact) mass is 247 g/mol. The fourth-order valence-corrected chi connectivity index (χ4v) is 5.01. The van der Waals surface area contributed by atoms with Crippen LogP contribution in [-0.2, 0) is 9.84 Å². The Bertz CT molecular complexity index is 311. The molecule has 1 aliphatic rings. The third-order valence-electron chi connectivity index (χ3n) is 3.95. The van der Waals surface area contributed by atoms with Crippen molar-refractivity contribution in [2.24, 2.45) is 5.92 Å². The SMILES string of the molecule is CNC1CCCCC1S(=O)(=O)C(C)C(C)C. The first-order valence-corrected chi connectivity index (χ1v) is 7.92. The summed E-state index contributed by atoms with van der Waals surface area (Å²) >= 11 is 0. The molecule has 1 N–H and O–H groups in total. The van der Waals surface area contributed by atoms with Crippen molar-refractivity contribution in [3.8, 4) is 0 Å². The van der Waals surface area contributed by atoms with E-state index in [9.17, 15) is 8.42 Å². The van der Waals surface area contributed by atoms with E-state index in [1.54, 1.807) is 0 Å². The van der Waals surface area contributed by atoms with E-state index in [-0.39, 0.29) is 22.5 Å². The van der Waals surface area contributed by atoms with Crippen molar-refractivity contribution in [3.05, 3.63) is 0 Å². The van der Waals surface area contributed by atoms with Gasteiger partial charge in [0, 0.05) is 6.04 Å². The van der Waals surface area contributed by atoms with Crippen LogP contribution in [0.25, 0.3) is 0 Å². The van der Waals surface area contributed by atoms with Crippen LogP contribution >= 0.6 is 0 Å². The zero-order valence-corrected chi connectivity index (χ0v) is 11.7. The second-order valence-electron chi connectivity index (χ2n) is 5.26. The molecule has 1 rings (SSSR count). The molecule has 0 heterocycles. The smallest absolute Gasteiger partial charge is 0.157 e. The summed E-state index contributed by atoms with van der Waals surface area (Å²) in [6.45, 7) is 5.82. The molecule has 0 bridgehead atoms. The second-order valence-corrected chi connectivity index (χ2v) is 7.78. The van der Waals surface area contributed by atoms with Crippen LogP contribution in [-0.4, -0.2) is 32.0 Å². The first-order valence-electron chi connectivity index (χ1n) is 6.31. The van der Waals surface area contributed by atoms with Crippen molar-refractivity contribution in [2.45, 2.75) is 63.0 Å². The van der Waals surface area contributed by atoms with Gasteiger partial charge in [-0.3, -0.25) is 0 Å². The summed E-state index contributed by atoms with van der Waals surface area (Å²) in [6.07, 6.45) is 4.01. The summed E-state index contributed by atoms with van der Waals surface area (Å²) in [5.41, 5.74) is 0. The minimum absolute atomic E-state index is 0.153. The molecule has 3 nitrogen and oxygen atoms in total. The first-order chi connectivity index (χ1) is 7.41. The van der Waals surface area contributed by atoms with Crippen molar-refractivity contribution in [1.82, 2.24) is 5.32 Å². The molecule has 96 valence electrons. The van der Waals surface area contributed by atoms with Crippen LogP contribution < -0.4 is 5.32 Å². The Morgan fingerprint density at radius 1 is 1.12 bits per heavy atom. The van der Waals surface area contributed by atoms with E-state index in [2.05, 4.69) is 5.32 Å². The minimum atomic E-state index is -2.99. The van der Waals surface area contributed by atoms with E-state index in [1.165, 1.54) is 0 Å². The summed E-state index contributed by atoms with van der Waals surface area (Å²) in [6, 6.07) is 0.153. The van der Waals surface area contributed by atoms with Gasteiger partial charge in [0.25, 0.3) is 0 Å². The normalized spacial score (nSPS) is 29.3. The molecular weight excluding hydrogens is 222 g/mol. The zero-order chi connectivity index (χ0) is 12.3. The Morgan fingerprint density at radius 3 is 2.19 bits per heavy atom.